The number of benzene rings is 1. The number of rotatable bonds is 6. The Morgan fingerprint density at radius 2 is 1.96 bits per heavy atom. The Kier molecular flexibility index (Phi) is 9.01. The zero-order valence-electron chi connectivity index (χ0n) is 13.5. The van der Waals surface area contributed by atoms with Gasteiger partial charge in [-0.2, -0.15) is 0 Å². The fourth-order valence-corrected chi connectivity index (χ4v) is 2.82. The van der Waals surface area contributed by atoms with Crippen LogP contribution in [0.3, 0.4) is 0 Å². The highest BCUT2D eigenvalue weighted by Gasteiger charge is 2.07. The fraction of sp³-hybridized carbons (Fsp3) is 0.353. The van der Waals surface area contributed by atoms with E-state index in [4.69, 9.17) is 0 Å². The predicted octanol–water partition coefficient (Wildman–Crippen LogP) is 3.93. The summed E-state index contributed by atoms with van der Waals surface area (Å²) in [5.74, 6) is 1.55. The number of guanidine groups is 1. The van der Waals surface area contributed by atoms with Gasteiger partial charge in [-0.15, -0.1) is 35.3 Å². The molecule has 0 bridgehead atoms. The van der Waals surface area contributed by atoms with Crippen molar-refractivity contribution in [2.45, 2.75) is 26.3 Å². The van der Waals surface area contributed by atoms with Gasteiger partial charge in [0, 0.05) is 23.9 Å². The van der Waals surface area contributed by atoms with Gasteiger partial charge in [0.1, 0.15) is 5.75 Å². The highest BCUT2D eigenvalue weighted by atomic mass is 127. The van der Waals surface area contributed by atoms with Crippen molar-refractivity contribution in [3.63, 3.8) is 0 Å². The molecule has 0 aliphatic heterocycles. The predicted molar refractivity (Wildman–Crippen MR) is 109 cm³/mol. The van der Waals surface area contributed by atoms with E-state index in [1.165, 1.54) is 4.88 Å². The number of phenols is 1. The van der Waals surface area contributed by atoms with E-state index in [9.17, 15) is 5.11 Å². The van der Waals surface area contributed by atoms with Crippen molar-refractivity contribution in [3.05, 3.63) is 52.2 Å². The quantitative estimate of drug-likeness (QED) is 0.359. The van der Waals surface area contributed by atoms with Gasteiger partial charge in [-0.1, -0.05) is 25.1 Å². The highest BCUT2D eigenvalue weighted by molar-refractivity contribution is 14.0. The number of phenolic OH excluding ortho intramolecular Hbond substituents is 1. The Hall–Kier alpha value is -1.28. The molecule has 0 aliphatic rings. The Balaban J connectivity index is 0.00000264. The molecule has 0 radical (unpaired) electrons. The molecule has 6 heteroatoms. The van der Waals surface area contributed by atoms with Gasteiger partial charge in [-0.3, -0.25) is 0 Å². The first-order valence-electron chi connectivity index (χ1n) is 7.52. The van der Waals surface area contributed by atoms with Crippen LogP contribution in [0, 0.1) is 0 Å². The molecule has 2 aromatic rings. The molecule has 0 fully saturated rings. The molecule has 1 aromatic heterocycles. The SMILES string of the molecule is CCNC(=NCc1ccc(O)cc1)NCC(C)c1cccs1.I. The number of thiophene rings is 1. The van der Waals surface area contributed by atoms with Gasteiger partial charge in [-0.05, 0) is 36.1 Å². The van der Waals surface area contributed by atoms with Crippen LogP contribution in [-0.4, -0.2) is 24.2 Å². The van der Waals surface area contributed by atoms with Crippen LogP contribution in [0.15, 0.2) is 46.8 Å². The molecule has 23 heavy (non-hydrogen) atoms. The third-order valence-electron chi connectivity index (χ3n) is 3.30. The summed E-state index contributed by atoms with van der Waals surface area (Å²) in [6, 6.07) is 11.4. The Morgan fingerprint density at radius 1 is 1.22 bits per heavy atom. The summed E-state index contributed by atoms with van der Waals surface area (Å²) in [7, 11) is 0. The molecule has 3 N–H and O–H groups in total. The second-order valence-electron chi connectivity index (χ2n) is 5.16. The van der Waals surface area contributed by atoms with Crippen LogP contribution in [-0.2, 0) is 6.54 Å². The molecular weight excluding hydrogens is 421 g/mol. The van der Waals surface area contributed by atoms with Crippen LogP contribution in [0.2, 0.25) is 0 Å². The second kappa shape index (κ2) is 10.5. The van der Waals surface area contributed by atoms with Crippen molar-refractivity contribution >= 4 is 41.3 Å². The summed E-state index contributed by atoms with van der Waals surface area (Å²) in [6.45, 7) is 6.53. The average molecular weight is 445 g/mol. The first-order chi connectivity index (χ1) is 10.7. The number of nitrogens with zero attached hydrogens (tertiary/aromatic N) is 1. The second-order valence-corrected chi connectivity index (χ2v) is 6.14. The lowest BCUT2D eigenvalue weighted by molar-refractivity contribution is 0.475. The molecule has 0 aliphatic carbocycles. The monoisotopic (exact) mass is 445 g/mol. The largest absolute Gasteiger partial charge is 0.508 e. The van der Waals surface area contributed by atoms with E-state index < -0.39 is 0 Å². The summed E-state index contributed by atoms with van der Waals surface area (Å²) < 4.78 is 0. The zero-order chi connectivity index (χ0) is 15.8. The maximum Gasteiger partial charge on any atom is 0.191 e. The highest BCUT2D eigenvalue weighted by Crippen LogP contribution is 2.19. The minimum atomic E-state index is 0. The molecule has 2 rings (SSSR count). The lowest BCUT2D eigenvalue weighted by Crippen LogP contribution is -2.39. The van der Waals surface area contributed by atoms with Gasteiger partial charge < -0.3 is 15.7 Å². The van der Waals surface area contributed by atoms with E-state index in [2.05, 4.69) is 47.0 Å². The molecule has 1 atom stereocenters. The summed E-state index contributed by atoms with van der Waals surface area (Å²) in [5.41, 5.74) is 1.07. The first-order valence-corrected chi connectivity index (χ1v) is 8.40. The van der Waals surface area contributed by atoms with Gasteiger partial charge >= 0.3 is 0 Å². The number of nitrogens with one attached hydrogen (secondary N) is 2. The maximum absolute atomic E-state index is 9.29. The van der Waals surface area contributed by atoms with Gasteiger partial charge in [0.25, 0.3) is 0 Å². The fourth-order valence-electron chi connectivity index (χ4n) is 2.04. The number of aromatic hydroxyl groups is 1. The smallest absolute Gasteiger partial charge is 0.191 e. The normalized spacial score (nSPS) is 12.3. The molecular formula is C17H24IN3OS. The topological polar surface area (TPSA) is 56.7 Å². The number of hydrogen-bond donors (Lipinski definition) is 3. The summed E-state index contributed by atoms with van der Waals surface area (Å²) in [4.78, 5) is 5.96. The van der Waals surface area contributed by atoms with Crippen molar-refractivity contribution in [2.24, 2.45) is 4.99 Å². The van der Waals surface area contributed by atoms with E-state index in [1.54, 1.807) is 23.5 Å². The molecule has 1 aromatic carbocycles. The molecule has 126 valence electrons. The van der Waals surface area contributed by atoms with Gasteiger partial charge in [-0.25, -0.2) is 4.99 Å². The Labute approximate surface area is 159 Å². The van der Waals surface area contributed by atoms with Crippen LogP contribution < -0.4 is 10.6 Å². The van der Waals surface area contributed by atoms with E-state index in [0.29, 0.717) is 12.5 Å². The van der Waals surface area contributed by atoms with Crippen molar-refractivity contribution in [2.75, 3.05) is 13.1 Å². The van der Waals surface area contributed by atoms with E-state index in [0.717, 1.165) is 24.6 Å². The van der Waals surface area contributed by atoms with Crippen LogP contribution in [0.5, 0.6) is 5.75 Å². The molecule has 0 amide bonds. The van der Waals surface area contributed by atoms with Crippen molar-refractivity contribution < 1.29 is 5.11 Å². The number of aliphatic imine (C=N–C) groups is 1. The van der Waals surface area contributed by atoms with Gasteiger partial charge in [0.2, 0.25) is 0 Å². The van der Waals surface area contributed by atoms with E-state index in [1.807, 2.05) is 12.1 Å². The van der Waals surface area contributed by atoms with Crippen LogP contribution >= 0.6 is 35.3 Å². The summed E-state index contributed by atoms with van der Waals surface area (Å²) >= 11 is 1.78. The van der Waals surface area contributed by atoms with Crippen LogP contribution in [0.1, 0.15) is 30.2 Å². The lowest BCUT2D eigenvalue weighted by Gasteiger charge is -2.15. The molecule has 1 unspecified atom stereocenters. The molecule has 1 heterocycles. The van der Waals surface area contributed by atoms with E-state index in [-0.39, 0.29) is 29.7 Å². The number of hydrogen-bond acceptors (Lipinski definition) is 3. The molecule has 0 saturated heterocycles. The third-order valence-corrected chi connectivity index (χ3v) is 4.41. The minimum absolute atomic E-state index is 0. The average Bonchev–Trinajstić information content (AvgIpc) is 3.06. The Bertz CT molecular complexity index is 584. The Morgan fingerprint density at radius 3 is 2.57 bits per heavy atom. The van der Waals surface area contributed by atoms with Crippen LogP contribution in [0.4, 0.5) is 0 Å². The zero-order valence-corrected chi connectivity index (χ0v) is 16.6. The third kappa shape index (κ3) is 6.78. The molecule has 4 nitrogen and oxygen atoms in total. The molecule has 0 saturated carbocycles. The summed E-state index contributed by atoms with van der Waals surface area (Å²) in [6.07, 6.45) is 0. The van der Waals surface area contributed by atoms with Gasteiger partial charge in [0.15, 0.2) is 5.96 Å². The molecule has 0 spiro atoms. The van der Waals surface area contributed by atoms with Gasteiger partial charge in [0.05, 0.1) is 6.54 Å². The van der Waals surface area contributed by atoms with Crippen LogP contribution in [0.25, 0.3) is 0 Å². The van der Waals surface area contributed by atoms with E-state index >= 15 is 0 Å². The first kappa shape index (κ1) is 19.8. The minimum Gasteiger partial charge on any atom is -0.508 e. The number of halogens is 1. The standard InChI is InChI=1S/C17H23N3OS.HI/c1-3-18-17(19-11-13(2)16-5-4-10-22-16)20-12-14-6-8-15(21)9-7-14;/h4-10,13,21H,3,11-12H2,1-2H3,(H2,18,19,20);1H. The van der Waals surface area contributed by atoms with Crippen molar-refractivity contribution in [1.29, 1.82) is 0 Å². The van der Waals surface area contributed by atoms with Crippen molar-refractivity contribution in [3.8, 4) is 5.75 Å². The summed E-state index contributed by atoms with van der Waals surface area (Å²) in [5, 5.41) is 18.0. The maximum atomic E-state index is 9.29. The van der Waals surface area contributed by atoms with Crippen molar-refractivity contribution in [1.82, 2.24) is 10.6 Å². The lowest BCUT2D eigenvalue weighted by atomic mass is 10.1.